The van der Waals surface area contributed by atoms with E-state index in [2.05, 4.69) is 0 Å². The zero-order valence-corrected chi connectivity index (χ0v) is 11.5. The van der Waals surface area contributed by atoms with Crippen LogP contribution in [0.3, 0.4) is 0 Å². The molecular formula is C15H18O5. The second kappa shape index (κ2) is 4.89. The molecule has 0 atom stereocenters. The summed E-state index contributed by atoms with van der Waals surface area (Å²) in [4.78, 5) is 11.8. The quantitative estimate of drug-likeness (QED) is 0.919. The monoisotopic (exact) mass is 278 g/mol. The molecule has 1 aliphatic heterocycles. The number of carboxylic acid groups (broad SMARTS) is 1. The van der Waals surface area contributed by atoms with Crippen molar-refractivity contribution in [3.63, 3.8) is 0 Å². The lowest BCUT2D eigenvalue weighted by Gasteiger charge is -2.29. The molecule has 1 aromatic rings. The zero-order valence-electron chi connectivity index (χ0n) is 11.5. The second-order valence-corrected chi connectivity index (χ2v) is 5.26. The van der Waals surface area contributed by atoms with Gasteiger partial charge in [-0.25, -0.2) is 0 Å². The summed E-state index contributed by atoms with van der Waals surface area (Å²) in [7, 11) is 1.54. The summed E-state index contributed by atoms with van der Waals surface area (Å²) in [5, 5.41) is 9.71. The Labute approximate surface area is 117 Å². The van der Waals surface area contributed by atoms with E-state index in [0.717, 1.165) is 12.8 Å². The summed E-state index contributed by atoms with van der Waals surface area (Å²) in [6, 6.07) is 3.60. The van der Waals surface area contributed by atoms with E-state index in [1.165, 1.54) is 0 Å². The van der Waals surface area contributed by atoms with Crippen molar-refractivity contribution in [1.82, 2.24) is 0 Å². The molecule has 0 saturated heterocycles. The van der Waals surface area contributed by atoms with Crippen molar-refractivity contribution in [2.45, 2.75) is 31.1 Å². The first-order chi connectivity index (χ1) is 9.69. The van der Waals surface area contributed by atoms with E-state index in [0.29, 0.717) is 48.9 Å². The highest BCUT2D eigenvalue weighted by Crippen LogP contribution is 2.51. The second-order valence-electron chi connectivity index (χ2n) is 5.26. The largest absolute Gasteiger partial charge is 0.492 e. The molecule has 0 spiro atoms. The molecule has 0 radical (unpaired) electrons. The third-order valence-electron chi connectivity index (χ3n) is 4.25. The van der Waals surface area contributed by atoms with Gasteiger partial charge in [0.15, 0.2) is 11.5 Å². The van der Waals surface area contributed by atoms with Crippen LogP contribution in [-0.4, -0.2) is 31.4 Å². The Morgan fingerprint density at radius 1 is 1.25 bits per heavy atom. The fourth-order valence-corrected chi connectivity index (χ4v) is 3.25. The fraction of sp³-hybridized carbons (Fsp3) is 0.533. The molecule has 20 heavy (non-hydrogen) atoms. The Kier molecular flexibility index (Phi) is 3.20. The van der Waals surface area contributed by atoms with E-state index in [4.69, 9.17) is 14.2 Å². The minimum Gasteiger partial charge on any atom is -0.492 e. The van der Waals surface area contributed by atoms with Gasteiger partial charge in [-0.3, -0.25) is 4.79 Å². The van der Waals surface area contributed by atoms with Gasteiger partial charge in [-0.05, 0) is 18.9 Å². The van der Waals surface area contributed by atoms with Gasteiger partial charge in [-0.1, -0.05) is 18.9 Å². The molecule has 5 nitrogen and oxygen atoms in total. The van der Waals surface area contributed by atoms with Crippen LogP contribution < -0.4 is 14.2 Å². The predicted octanol–water partition coefficient (Wildman–Crippen LogP) is 2.36. The molecule has 0 unspecified atom stereocenters. The van der Waals surface area contributed by atoms with Gasteiger partial charge < -0.3 is 19.3 Å². The van der Waals surface area contributed by atoms with Crippen molar-refractivity contribution < 1.29 is 24.1 Å². The van der Waals surface area contributed by atoms with Crippen molar-refractivity contribution in [1.29, 1.82) is 0 Å². The van der Waals surface area contributed by atoms with Crippen LogP contribution in [0, 0.1) is 0 Å². The van der Waals surface area contributed by atoms with Gasteiger partial charge in [-0.15, -0.1) is 0 Å². The Balaban J connectivity index is 2.15. The van der Waals surface area contributed by atoms with Crippen LogP contribution in [0.25, 0.3) is 0 Å². The summed E-state index contributed by atoms with van der Waals surface area (Å²) in [5.74, 6) is 0.871. The van der Waals surface area contributed by atoms with Gasteiger partial charge in [0.2, 0.25) is 5.75 Å². The SMILES string of the molecule is COc1c(C2(C(=O)O)CCCC2)ccc2c1OCCO2. The Bertz CT molecular complexity index is 531. The first kappa shape index (κ1) is 13.1. The number of fused-ring (bicyclic) bond motifs is 1. The first-order valence-electron chi connectivity index (χ1n) is 6.89. The highest BCUT2D eigenvalue weighted by molar-refractivity contribution is 5.84. The first-order valence-corrected chi connectivity index (χ1v) is 6.89. The number of methoxy groups -OCH3 is 1. The smallest absolute Gasteiger partial charge is 0.314 e. The summed E-state index contributed by atoms with van der Waals surface area (Å²) in [6.45, 7) is 0.951. The number of hydrogen-bond acceptors (Lipinski definition) is 4. The average molecular weight is 278 g/mol. The maximum atomic E-state index is 11.8. The normalized spacial score (nSPS) is 19.6. The molecule has 0 aromatic heterocycles. The molecule has 2 aliphatic rings. The Morgan fingerprint density at radius 3 is 2.60 bits per heavy atom. The van der Waals surface area contributed by atoms with E-state index in [1.54, 1.807) is 13.2 Å². The lowest BCUT2D eigenvalue weighted by Crippen LogP contribution is -2.33. The minimum atomic E-state index is -0.860. The van der Waals surface area contributed by atoms with Crippen molar-refractivity contribution >= 4 is 5.97 Å². The molecular weight excluding hydrogens is 260 g/mol. The van der Waals surface area contributed by atoms with E-state index in [1.807, 2.05) is 6.07 Å². The number of aliphatic carboxylic acids is 1. The molecule has 1 aliphatic carbocycles. The summed E-state index contributed by atoms with van der Waals surface area (Å²) < 4.78 is 16.6. The van der Waals surface area contributed by atoms with E-state index < -0.39 is 11.4 Å². The van der Waals surface area contributed by atoms with Crippen LogP contribution in [0.1, 0.15) is 31.2 Å². The van der Waals surface area contributed by atoms with Crippen molar-refractivity contribution in [3.05, 3.63) is 17.7 Å². The van der Waals surface area contributed by atoms with Crippen molar-refractivity contribution in [2.24, 2.45) is 0 Å². The van der Waals surface area contributed by atoms with Crippen LogP contribution >= 0.6 is 0 Å². The standard InChI is InChI=1S/C15H18O5/c1-18-12-10(15(14(16)17)6-2-3-7-15)4-5-11-13(12)20-9-8-19-11/h4-5H,2-3,6-9H2,1H3,(H,16,17). The van der Waals surface area contributed by atoms with E-state index >= 15 is 0 Å². The molecule has 0 bridgehead atoms. The van der Waals surface area contributed by atoms with Gasteiger partial charge in [0.25, 0.3) is 0 Å². The maximum Gasteiger partial charge on any atom is 0.314 e. The van der Waals surface area contributed by atoms with Crippen LogP contribution in [-0.2, 0) is 10.2 Å². The molecule has 1 heterocycles. The highest BCUT2D eigenvalue weighted by atomic mass is 16.6. The molecule has 3 rings (SSSR count). The molecule has 1 N–H and O–H groups in total. The van der Waals surface area contributed by atoms with E-state index in [9.17, 15) is 9.90 Å². The third-order valence-corrected chi connectivity index (χ3v) is 4.25. The number of carboxylic acids is 1. The van der Waals surface area contributed by atoms with Crippen LogP contribution in [0.2, 0.25) is 0 Å². The topological polar surface area (TPSA) is 65.0 Å². The van der Waals surface area contributed by atoms with Crippen LogP contribution in [0.5, 0.6) is 17.2 Å². The van der Waals surface area contributed by atoms with Gasteiger partial charge in [0, 0.05) is 5.56 Å². The predicted molar refractivity (Wildman–Crippen MR) is 71.8 cm³/mol. The maximum absolute atomic E-state index is 11.8. The summed E-state index contributed by atoms with van der Waals surface area (Å²) in [5.41, 5.74) is -0.157. The van der Waals surface area contributed by atoms with Gasteiger partial charge in [-0.2, -0.15) is 0 Å². The lowest BCUT2D eigenvalue weighted by atomic mass is 9.78. The Hall–Kier alpha value is -1.91. The van der Waals surface area contributed by atoms with Crippen LogP contribution in [0.4, 0.5) is 0 Å². The summed E-state index contributed by atoms with van der Waals surface area (Å²) >= 11 is 0. The number of ether oxygens (including phenoxy) is 3. The van der Waals surface area contributed by atoms with Crippen molar-refractivity contribution in [3.8, 4) is 17.2 Å². The van der Waals surface area contributed by atoms with E-state index in [-0.39, 0.29) is 0 Å². The van der Waals surface area contributed by atoms with Crippen LogP contribution in [0.15, 0.2) is 12.1 Å². The minimum absolute atomic E-state index is 0.451. The number of rotatable bonds is 3. The number of carbonyl (C=O) groups is 1. The molecule has 5 heteroatoms. The van der Waals surface area contributed by atoms with Gasteiger partial charge >= 0.3 is 5.97 Å². The molecule has 108 valence electrons. The van der Waals surface area contributed by atoms with Gasteiger partial charge in [0.1, 0.15) is 13.2 Å². The highest BCUT2D eigenvalue weighted by Gasteiger charge is 2.46. The Morgan fingerprint density at radius 2 is 1.95 bits per heavy atom. The third kappa shape index (κ3) is 1.80. The number of hydrogen-bond donors (Lipinski definition) is 1. The molecule has 0 amide bonds. The molecule has 1 aromatic carbocycles. The molecule has 1 fully saturated rings. The molecule has 1 saturated carbocycles. The van der Waals surface area contributed by atoms with Gasteiger partial charge in [0.05, 0.1) is 12.5 Å². The fourth-order valence-electron chi connectivity index (χ4n) is 3.25. The van der Waals surface area contributed by atoms with Crippen molar-refractivity contribution in [2.75, 3.05) is 20.3 Å². The average Bonchev–Trinajstić information content (AvgIpc) is 2.96. The number of benzene rings is 1. The lowest BCUT2D eigenvalue weighted by molar-refractivity contribution is -0.143. The zero-order chi connectivity index (χ0) is 14.2. The summed E-state index contributed by atoms with van der Waals surface area (Å²) in [6.07, 6.45) is 3.12.